The number of rotatable bonds is 1. The Morgan fingerprint density at radius 2 is 1.85 bits per heavy atom. The summed E-state index contributed by atoms with van der Waals surface area (Å²) >= 11 is 3.82. The van der Waals surface area contributed by atoms with Gasteiger partial charge in [0, 0.05) is 5.75 Å². The number of benzene rings is 1. The first-order valence-electron chi connectivity index (χ1n) is 3.41. The molecule has 0 saturated heterocycles. The molecule has 0 unspecified atom stereocenters. The maximum atomic E-state index is 12.8. The third-order valence-electron chi connectivity index (χ3n) is 1.52. The van der Waals surface area contributed by atoms with E-state index in [4.69, 9.17) is 0 Å². The fraction of sp³-hybridized carbons (Fsp3) is 0.250. The lowest BCUT2D eigenvalue weighted by molar-refractivity contribution is -0.140. The van der Waals surface area contributed by atoms with Gasteiger partial charge in [-0.3, -0.25) is 0 Å². The maximum absolute atomic E-state index is 12.8. The van der Waals surface area contributed by atoms with Gasteiger partial charge in [-0.05, 0) is 17.7 Å². The minimum atomic E-state index is -4.63. The van der Waals surface area contributed by atoms with Crippen molar-refractivity contribution in [3.8, 4) is 0 Å². The Hall–Kier alpha value is -0.710. The monoisotopic (exact) mass is 210 g/mol. The average molecular weight is 210 g/mol. The fourth-order valence-corrected chi connectivity index (χ4v) is 1.08. The predicted molar refractivity (Wildman–Crippen MR) is 44.1 cm³/mol. The molecule has 0 aliphatic rings. The van der Waals surface area contributed by atoms with E-state index in [1.54, 1.807) is 0 Å². The lowest BCUT2D eigenvalue weighted by Crippen LogP contribution is -2.08. The second kappa shape index (κ2) is 3.57. The molecule has 0 heterocycles. The van der Waals surface area contributed by atoms with Gasteiger partial charge >= 0.3 is 6.18 Å². The lowest BCUT2D eigenvalue weighted by Gasteiger charge is -2.08. The van der Waals surface area contributed by atoms with Crippen molar-refractivity contribution in [2.45, 2.75) is 11.9 Å². The van der Waals surface area contributed by atoms with E-state index in [9.17, 15) is 17.6 Å². The van der Waals surface area contributed by atoms with Crippen molar-refractivity contribution < 1.29 is 17.6 Å². The highest BCUT2D eigenvalue weighted by Gasteiger charge is 2.33. The van der Waals surface area contributed by atoms with Crippen LogP contribution in [0.5, 0.6) is 0 Å². The van der Waals surface area contributed by atoms with Crippen LogP contribution in [-0.4, -0.2) is 0 Å². The summed E-state index contributed by atoms with van der Waals surface area (Å²) < 4.78 is 48.9. The fourth-order valence-electron chi connectivity index (χ4n) is 0.887. The van der Waals surface area contributed by atoms with Gasteiger partial charge in [0.05, 0.1) is 5.56 Å². The van der Waals surface area contributed by atoms with E-state index < -0.39 is 17.6 Å². The van der Waals surface area contributed by atoms with E-state index in [1.165, 1.54) is 6.07 Å². The van der Waals surface area contributed by atoms with Crippen LogP contribution in [-0.2, 0) is 11.9 Å². The van der Waals surface area contributed by atoms with Crippen molar-refractivity contribution in [2.75, 3.05) is 0 Å². The minimum Gasteiger partial charge on any atom is -0.206 e. The predicted octanol–water partition coefficient (Wildman–Crippen LogP) is 3.27. The van der Waals surface area contributed by atoms with Crippen LogP contribution in [0.25, 0.3) is 0 Å². The standard InChI is InChI=1S/C8H6F4S/c9-7-3-5(4-13)1-2-6(7)8(10,11)12/h1-3,13H,4H2. The van der Waals surface area contributed by atoms with E-state index >= 15 is 0 Å². The van der Waals surface area contributed by atoms with Crippen LogP contribution in [0.15, 0.2) is 18.2 Å². The van der Waals surface area contributed by atoms with E-state index in [0.717, 1.165) is 12.1 Å². The molecule has 0 radical (unpaired) electrons. The van der Waals surface area contributed by atoms with Crippen LogP contribution in [0.2, 0.25) is 0 Å². The molecule has 72 valence electrons. The van der Waals surface area contributed by atoms with Crippen molar-refractivity contribution in [2.24, 2.45) is 0 Å². The van der Waals surface area contributed by atoms with Crippen LogP contribution in [0.4, 0.5) is 17.6 Å². The Bertz CT molecular complexity index is 306. The number of halogens is 4. The third kappa shape index (κ3) is 2.37. The summed E-state index contributed by atoms with van der Waals surface area (Å²) in [5.74, 6) is -1.03. The molecule has 1 aromatic rings. The zero-order valence-electron chi connectivity index (χ0n) is 6.40. The van der Waals surface area contributed by atoms with Gasteiger partial charge in [-0.25, -0.2) is 4.39 Å². The summed E-state index contributed by atoms with van der Waals surface area (Å²) in [6.07, 6.45) is -4.63. The van der Waals surface area contributed by atoms with Crippen molar-refractivity contribution in [3.05, 3.63) is 35.1 Å². The molecular weight excluding hydrogens is 204 g/mol. The molecule has 1 rings (SSSR count). The number of thiol groups is 1. The number of hydrogen-bond donors (Lipinski definition) is 1. The first-order chi connectivity index (χ1) is 5.95. The summed E-state index contributed by atoms with van der Waals surface area (Å²) in [6, 6.07) is 2.77. The van der Waals surface area contributed by atoms with E-state index in [-0.39, 0.29) is 5.75 Å². The molecule has 0 N–H and O–H groups in total. The molecule has 5 heteroatoms. The average Bonchev–Trinajstić information content (AvgIpc) is 2.01. The van der Waals surface area contributed by atoms with Crippen LogP contribution in [0.3, 0.4) is 0 Å². The highest BCUT2D eigenvalue weighted by atomic mass is 32.1. The van der Waals surface area contributed by atoms with Gasteiger partial charge in [0.1, 0.15) is 5.82 Å². The van der Waals surface area contributed by atoms with Crippen molar-refractivity contribution in [1.29, 1.82) is 0 Å². The minimum absolute atomic E-state index is 0.217. The molecule has 0 saturated carbocycles. The normalized spacial score (nSPS) is 11.8. The molecule has 0 aromatic heterocycles. The maximum Gasteiger partial charge on any atom is 0.419 e. The molecule has 0 nitrogen and oxygen atoms in total. The van der Waals surface area contributed by atoms with Gasteiger partial charge in [0.25, 0.3) is 0 Å². The van der Waals surface area contributed by atoms with Crippen molar-refractivity contribution >= 4 is 12.6 Å². The lowest BCUT2D eigenvalue weighted by atomic mass is 10.1. The molecule has 0 amide bonds. The zero-order chi connectivity index (χ0) is 10.1. The Balaban J connectivity index is 3.13. The second-order valence-corrected chi connectivity index (χ2v) is 2.79. The smallest absolute Gasteiger partial charge is 0.206 e. The Morgan fingerprint density at radius 3 is 2.23 bits per heavy atom. The molecule has 0 aliphatic heterocycles. The summed E-state index contributed by atoms with van der Waals surface area (Å²) in [4.78, 5) is 0. The van der Waals surface area contributed by atoms with E-state index in [2.05, 4.69) is 12.6 Å². The summed E-state index contributed by atoms with van der Waals surface area (Å²) in [7, 11) is 0. The Labute approximate surface area is 78.0 Å². The summed E-state index contributed by atoms with van der Waals surface area (Å²) in [5, 5.41) is 0. The molecule has 0 bridgehead atoms. The first-order valence-corrected chi connectivity index (χ1v) is 4.05. The Kier molecular flexibility index (Phi) is 2.85. The van der Waals surface area contributed by atoms with Gasteiger partial charge in [0.15, 0.2) is 0 Å². The zero-order valence-corrected chi connectivity index (χ0v) is 7.29. The topological polar surface area (TPSA) is 0 Å². The summed E-state index contributed by atoms with van der Waals surface area (Å²) in [5.41, 5.74) is -0.813. The van der Waals surface area contributed by atoms with Gasteiger partial charge in [-0.1, -0.05) is 6.07 Å². The highest BCUT2D eigenvalue weighted by molar-refractivity contribution is 7.79. The number of hydrogen-bond acceptors (Lipinski definition) is 1. The van der Waals surface area contributed by atoms with Gasteiger partial charge < -0.3 is 0 Å². The largest absolute Gasteiger partial charge is 0.419 e. The van der Waals surface area contributed by atoms with Crippen LogP contribution >= 0.6 is 12.6 Å². The first kappa shape index (κ1) is 10.4. The van der Waals surface area contributed by atoms with Gasteiger partial charge in [0.2, 0.25) is 0 Å². The highest BCUT2D eigenvalue weighted by Crippen LogP contribution is 2.31. The van der Waals surface area contributed by atoms with Gasteiger partial charge in [-0.15, -0.1) is 0 Å². The second-order valence-electron chi connectivity index (χ2n) is 2.47. The molecule has 1 aromatic carbocycles. The van der Waals surface area contributed by atoms with Crippen LogP contribution in [0, 0.1) is 5.82 Å². The molecule has 0 aliphatic carbocycles. The van der Waals surface area contributed by atoms with Crippen molar-refractivity contribution in [1.82, 2.24) is 0 Å². The Morgan fingerprint density at radius 1 is 1.23 bits per heavy atom. The summed E-state index contributed by atoms with van der Waals surface area (Å²) in [6.45, 7) is 0. The van der Waals surface area contributed by atoms with Crippen LogP contribution in [0.1, 0.15) is 11.1 Å². The molecule has 0 fully saturated rings. The number of alkyl halides is 3. The molecular formula is C8H6F4S. The SMILES string of the molecule is Fc1cc(CS)ccc1C(F)(F)F. The molecule has 13 heavy (non-hydrogen) atoms. The molecule has 0 spiro atoms. The van der Waals surface area contributed by atoms with Crippen LogP contribution < -0.4 is 0 Å². The van der Waals surface area contributed by atoms with E-state index in [0.29, 0.717) is 5.56 Å². The third-order valence-corrected chi connectivity index (χ3v) is 1.89. The van der Waals surface area contributed by atoms with Gasteiger partial charge in [-0.2, -0.15) is 25.8 Å². The van der Waals surface area contributed by atoms with E-state index in [1.807, 2.05) is 0 Å². The van der Waals surface area contributed by atoms with Crippen molar-refractivity contribution in [3.63, 3.8) is 0 Å². The quantitative estimate of drug-likeness (QED) is 0.533. The molecule has 0 atom stereocenters.